The van der Waals surface area contributed by atoms with Crippen molar-refractivity contribution < 1.29 is 14.3 Å². The highest BCUT2D eigenvalue weighted by atomic mass is 16.4. The molecule has 0 bridgehead atoms. The lowest BCUT2D eigenvalue weighted by atomic mass is 10.1. The predicted molar refractivity (Wildman–Crippen MR) is 123 cm³/mol. The highest BCUT2D eigenvalue weighted by molar-refractivity contribution is 5.94. The Bertz CT molecular complexity index is 1070. The number of hydrogen-bond donors (Lipinski definition) is 1. The van der Waals surface area contributed by atoms with E-state index in [1.165, 1.54) is 0 Å². The van der Waals surface area contributed by atoms with E-state index in [4.69, 9.17) is 4.42 Å². The summed E-state index contributed by atoms with van der Waals surface area (Å²) in [7, 11) is 0. The monoisotopic (exact) mass is 434 g/mol. The Morgan fingerprint density at radius 1 is 1.00 bits per heavy atom. The number of β-amino-alcohol motifs (C(OH)–C–C–N with tert-alkyl or cyclic N) is 1. The van der Waals surface area contributed by atoms with Crippen LogP contribution in [0.25, 0.3) is 22.9 Å². The molecule has 1 N–H and O–H groups in total. The van der Waals surface area contributed by atoms with Crippen LogP contribution in [0.4, 0.5) is 0 Å². The second-order valence-electron chi connectivity index (χ2n) is 9.09. The normalized spacial score (nSPS) is 15.6. The molecule has 168 valence electrons. The van der Waals surface area contributed by atoms with E-state index in [2.05, 4.69) is 15.1 Å². The highest BCUT2D eigenvalue weighted by Gasteiger charge is 2.24. The molecule has 0 aliphatic carbocycles. The summed E-state index contributed by atoms with van der Waals surface area (Å²) in [5.41, 5.74) is 2.70. The summed E-state index contributed by atoms with van der Waals surface area (Å²) in [5.74, 6) is 0.925. The van der Waals surface area contributed by atoms with Crippen LogP contribution in [0.5, 0.6) is 0 Å². The number of carbonyl (C=O) groups is 1. The summed E-state index contributed by atoms with van der Waals surface area (Å²) in [6.45, 7) is 9.27. The van der Waals surface area contributed by atoms with Gasteiger partial charge in [0.15, 0.2) is 0 Å². The Morgan fingerprint density at radius 2 is 1.72 bits per heavy atom. The van der Waals surface area contributed by atoms with E-state index in [0.717, 1.165) is 36.2 Å². The number of benzene rings is 2. The minimum Gasteiger partial charge on any atom is -0.416 e. The van der Waals surface area contributed by atoms with Crippen LogP contribution in [0.15, 0.2) is 52.9 Å². The van der Waals surface area contributed by atoms with E-state index in [-0.39, 0.29) is 5.91 Å². The summed E-state index contributed by atoms with van der Waals surface area (Å²) >= 11 is 0. The van der Waals surface area contributed by atoms with Gasteiger partial charge in [0, 0.05) is 49.4 Å². The van der Waals surface area contributed by atoms with Crippen LogP contribution < -0.4 is 0 Å². The number of aliphatic hydroxyl groups is 1. The lowest BCUT2D eigenvalue weighted by Crippen LogP contribution is -2.41. The summed E-state index contributed by atoms with van der Waals surface area (Å²) in [5, 5.41) is 18.4. The molecule has 1 aromatic heterocycles. The van der Waals surface area contributed by atoms with Gasteiger partial charge < -0.3 is 14.4 Å². The Morgan fingerprint density at radius 3 is 2.41 bits per heavy atom. The average Bonchev–Trinajstić information content (AvgIpc) is 3.14. The van der Waals surface area contributed by atoms with Gasteiger partial charge in [-0.15, -0.1) is 10.2 Å². The van der Waals surface area contributed by atoms with Gasteiger partial charge >= 0.3 is 0 Å². The molecule has 1 aliphatic rings. The Labute approximate surface area is 188 Å². The third-order valence-corrected chi connectivity index (χ3v) is 5.56. The quantitative estimate of drug-likeness (QED) is 0.660. The molecule has 0 radical (unpaired) electrons. The van der Waals surface area contributed by atoms with Crippen molar-refractivity contribution in [1.29, 1.82) is 0 Å². The first-order valence-corrected chi connectivity index (χ1v) is 11.0. The number of amides is 1. The number of aromatic nitrogens is 2. The SMILES string of the molecule is Cc1cccc(-c2nnc(-c3ccc(C(=O)N4CCCN(CC(C)(C)O)CC4)cc3)o2)c1. The van der Waals surface area contributed by atoms with Crippen LogP contribution in [-0.4, -0.2) is 69.3 Å². The Kier molecular flexibility index (Phi) is 6.39. The van der Waals surface area contributed by atoms with Gasteiger partial charge in [-0.05, 0) is 63.6 Å². The molecule has 1 amide bonds. The van der Waals surface area contributed by atoms with E-state index in [0.29, 0.717) is 37.0 Å². The number of carbonyl (C=O) groups excluding carboxylic acids is 1. The molecule has 0 atom stereocenters. The minimum atomic E-state index is -0.733. The number of hydrogen-bond acceptors (Lipinski definition) is 6. The molecular weight excluding hydrogens is 404 g/mol. The first-order valence-electron chi connectivity index (χ1n) is 11.0. The van der Waals surface area contributed by atoms with E-state index in [9.17, 15) is 9.90 Å². The zero-order valence-electron chi connectivity index (χ0n) is 18.9. The zero-order valence-corrected chi connectivity index (χ0v) is 18.9. The van der Waals surface area contributed by atoms with Gasteiger partial charge in [-0.1, -0.05) is 17.7 Å². The maximum absolute atomic E-state index is 13.0. The second kappa shape index (κ2) is 9.22. The lowest BCUT2D eigenvalue weighted by molar-refractivity contribution is 0.0374. The van der Waals surface area contributed by atoms with Crippen molar-refractivity contribution in [1.82, 2.24) is 20.0 Å². The van der Waals surface area contributed by atoms with Gasteiger partial charge in [-0.2, -0.15) is 0 Å². The van der Waals surface area contributed by atoms with E-state index in [1.807, 2.05) is 74.2 Å². The minimum absolute atomic E-state index is 0.0210. The van der Waals surface area contributed by atoms with Gasteiger partial charge in [0.25, 0.3) is 5.91 Å². The van der Waals surface area contributed by atoms with Crippen molar-refractivity contribution >= 4 is 5.91 Å². The molecule has 7 nitrogen and oxygen atoms in total. The standard InChI is InChI=1S/C25H30N4O3/c1-18-6-4-7-21(16-18)23-27-26-22(32-23)19-8-10-20(11-9-19)24(30)29-13-5-12-28(14-15-29)17-25(2,3)31/h4,6-11,16,31H,5,12-15,17H2,1-3H3. The molecule has 1 aliphatic heterocycles. The molecule has 1 fully saturated rings. The fraction of sp³-hybridized carbons (Fsp3) is 0.400. The number of aryl methyl sites for hydroxylation is 1. The highest BCUT2D eigenvalue weighted by Crippen LogP contribution is 2.25. The second-order valence-corrected chi connectivity index (χ2v) is 9.09. The van der Waals surface area contributed by atoms with Crippen LogP contribution in [0.3, 0.4) is 0 Å². The summed E-state index contributed by atoms with van der Waals surface area (Å²) in [4.78, 5) is 17.1. The molecule has 0 unspecified atom stereocenters. The smallest absolute Gasteiger partial charge is 0.253 e. The van der Waals surface area contributed by atoms with Crippen LogP contribution in [0, 0.1) is 6.92 Å². The summed E-state index contributed by atoms with van der Waals surface area (Å²) < 4.78 is 5.85. The van der Waals surface area contributed by atoms with E-state index >= 15 is 0 Å². The molecule has 3 aromatic rings. The molecule has 7 heteroatoms. The van der Waals surface area contributed by atoms with E-state index < -0.39 is 5.60 Å². The van der Waals surface area contributed by atoms with Gasteiger partial charge in [0.2, 0.25) is 11.8 Å². The largest absolute Gasteiger partial charge is 0.416 e. The van der Waals surface area contributed by atoms with Gasteiger partial charge in [0.1, 0.15) is 0 Å². The van der Waals surface area contributed by atoms with Gasteiger partial charge in [-0.25, -0.2) is 0 Å². The lowest BCUT2D eigenvalue weighted by Gasteiger charge is -2.27. The Hall–Kier alpha value is -3.03. The van der Waals surface area contributed by atoms with Crippen molar-refractivity contribution in [2.75, 3.05) is 32.7 Å². The topological polar surface area (TPSA) is 82.7 Å². The zero-order chi connectivity index (χ0) is 22.7. The molecule has 32 heavy (non-hydrogen) atoms. The maximum Gasteiger partial charge on any atom is 0.253 e. The molecule has 1 saturated heterocycles. The fourth-order valence-corrected chi connectivity index (χ4v) is 4.05. The van der Waals surface area contributed by atoms with Crippen molar-refractivity contribution in [3.05, 3.63) is 59.7 Å². The van der Waals surface area contributed by atoms with E-state index in [1.54, 1.807) is 0 Å². The summed E-state index contributed by atoms with van der Waals surface area (Å²) in [6, 6.07) is 15.2. The van der Waals surface area contributed by atoms with Crippen molar-refractivity contribution in [2.24, 2.45) is 0 Å². The van der Waals surface area contributed by atoms with Gasteiger partial charge in [-0.3, -0.25) is 9.69 Å². The average molecular weight is 435 g/mol. The number of rotatable bonds is 5. The van der Waals surface area contributed by atoms with Crippen LogP contribution >= 0.6 is 0 Å². The molecule has 0 saturated carbocycles. The van der Waals surface area contributed by atoms with Crippen LogP contribution in [0.1, 0.15) is 36.2 Å². The van der Waals surface area contributed by atoms with Crippen LogP contribution in [0.2, 0.25) is 0 Å². The predicted octanol–water partition coefficient (Wildman–Crippen LogP) is 3.63. The molecular formula is C25H30N4O3. The van der Waals surface area contributed by atoms with Crippen molar-refractivity contribution in [2.45, 2.75) is 32.8 Å². The summed E-state index contributed by atoms with van der Waals surface area (Å²) in [6.07, 6.45) is 0.892. The maximum atomic E-state index is 13.0. The van der Waals surface area contributed by atoms with Crippen molar-refractivity contribution in [3.63, 3.8) is 0 Å². The number of nitrogens with zero attached hydrogens (tertiary/aromatic N) is 4. The fourth-order valence-electron chi connectivity index (χ4n) is 4.05. The molecule has 4 rings (SSSR count). The van der Waals surface area contributed by atoms with Crippen LogP contribution in [-0.2, 0) is 0 Å². The van der Waals surface area contributed by atoms with Crippen molar-refractivity contribution in [3.8, 4) is 22.9 Å². The third kappa shape index (κ3) is 5.41. The third-order valence-electron chi connectivity index (χ3n) is 5.56. The Balaban J connectivity index is 1.42. The van der Waals surface area contributed by atoms with Gasteiger partial charge in [0.05, 0.1) is 5.60 Å². The molecule has 0 spiro atoms. The molecule has 2 aromatic carbocycles. The first-order chi connectivity index (χ1) is 15.3. The molecule has 2 heterocycles. The first kappa shape index (κ1) is 22.2.